The van der Waals surface area contributed by atoms with Crippen LogP contribution in [0.3, 0.4) is 0 Å². The van der Waals surface area contributed by atoms with Crippen molar-refractivity contribution in [3.63, 3.8) is 0 Å². The molecule has 0 aromatic heterocycles. The van der Waals surface area contributed by atoms with Crippen molar-refractivity contribution in [2.45, 2.75) is 39.5 Å². The molecule has 40 heavy (non-hydrogen) atoms. The van der Waals surface area contributed by atoms with Crippen LogP contribution in [0.5, 0.6) is 17.2 Å². The molecule has 0 aliphatic heterocycles. The minimum atomic E-state index is 0.751. The van der Waals surface area contributed by atoms with Crippen molar-refractivity contribution < 1.29 is 14.2 Å². The lowest BCUT2D eigenvalue weighted by molar-refractivity contribution is 0.311. The normalized spacial score (nSPS) is 11.0. The molecule has 0 radical (unpaired) electrons. The quantitative estimate of drug-likeness (QED) is 0.137. The van der Waals surface area contributed by atoms with Gasteiger partial charge in [-0.05, 0) is 47.2 Å². The fourth-order valence-corrected chi connectivity index (χ4v) is 5.11. The summed E-state index contributed by atoms with van der Waals surface area (Å²) in [5.41, 5.74) is 0. The monoisotopic (exact) mass is 530 g/mol. The lowest BCUT2D eigenvalue weighted by atomic mass is 10.0. The van der Waals surface area contributed by atoms with Gasteiger partial charge in [0.15, 0.2) is 0 Å². The predicted octanol–water partition coefficient (Wildman–Crippen LogP) is 10.4. The van der Waals surface area contributed by atoms with E-state index in [1.807, 2.05) is 12.1 Å². The number of hydrogen-bond donors (Lipinski definition) is 0. The number of fused-ring (bicyclic) bond motifs is 4. The summed E-state index contributed by atoms with van der Waals surface area (Å²) in [6, 6.07) is 35.7. The van der Waals surface area contributed by atoms with Gasteiger partial charge in [-0.2, -0.15) is 0 Å². The Morgan fingerprint density at radius 2 is 0.925 bits per heavy atom. The molecule has 0 amide bonds. The Labute approximate surface area is 237 Å². The van der Waals surface area contributed by atoms with E-state index in [9.17, 15) is 0 Å². The van der Waals surface area contributed by atoms with E-state index in [4.69, 9.17) is 14.2 Å². The number of methoxy groups -OCH3 is 1. The summed E-state index contributed by atoms with van der Waals surface area (Å²) in [6.45, 7) is 5.87. The highest BCUT2D eigenvalue weighted by Crippen LogP contribution is 2.42. The number of benzene rings is 6. The van der Waals surface area contributed by atoms with Crippen molar-refractivity contribution in [3.05, 3.63) is 103 Å². The van der Waals surface area contributed by atoms with Gasteiger partial charge in [-0.25, -0.2) is 0 Å². The number of ether oxygens (including phenoxy) is 3. The Bertz CT molecular complexity index is 1600. The van der Waals surface area contributed by atoms with Crippen LogP contribution in [0.25, 0.3) is 43.1 Å². The Balaban J connectivity index is 0.000000174. The molecule has 0 unspecified atom stereocenters. The smallest absolute Gasteiger partial charge is 0.135 e. The maximum Gasteiger partial charge on any atom is 0.135 e. The van der Waals surface area contributed by atoms with Gasteiger partial charge in [0.2, 0.25) is 0 Å². The first-order valence-electron chi connectivity index (χ1n) is 14.4. The van der Waals surface area contributed by atoms with Crippen LogP contribution < -0.4 is 14.2 Å². The van der Waals surface area contributed by atoms with E-state index < -0.39 is 0 Å². The van der Waals surface area contributed by atoms with Gasteiger partial charge in [-0.3, -0.25) is 0 Å². The maximum atomic E-state index is 6.20. The molecule has 0 N–H and O–H groups in total. The molecular weight excluding hydrogens is 492 g/mol. The van der Waals surface area contributed by atoms with E-state index in [0.29, 0.717) is 0 Å². The Morgan fingerprint density at radius 3 is 1.40 bits per heavy atom. The molecule has 6 rings (SSSR count). The van der Waals surface area contributed by atoms with E-state index >= 15 is 0 Å². The summed E-state index contributed by atoms with van der Waals surface area (Å²) in [4.78, 5) is 0. The van der Waals surface area contributed by atoms with Gasteiger partial charge in [0.1, 0.15) is 17.2 Å². The van der Waals surface area contributed by atoms with Crippen molar-refractivity contribution in [2.75, 3.05) is 20.3 Å². The first kappa shape index (κ1) is 27.3. The maximum absolute atomic E-state index is 6.20. The Hall–Kier alpha value is -4.24. The van der Waals surface area contributed by atoms with E-state index in [-0.39, 0.29) is 0 Å². The standard InChI is InChI=1S/C22H26O2.C15H12O/c1-3-5-15-23-21-17-11-7-9-13-19(17)22(24-16-6-4-2)20-14-10-8-12-18(20)21;1-16-15-8-4-7-13-9-11-5-2-3-6-12(11)10-14(13)15/h7-14H,3-6,15-16H2,1-2H3;2-10H,1H3. The number of unbranched alkanes of at least 4 members (excludes halogenated alkanes) is 2. The van der Waals surface area contributed by atoms with Crippen molar-refractivity contribution in [1.82, 2.24) is 0 Å². The molecule has 0 saturated carbocycles. The zero-order valence-corrected chi connectivity index (χ0v) is 23.8. The lowest BCUT2D eigenvalue weighted by Gasteiger charge is -2.17. The van der Waals surface area contributed by atoms with E-state index in [2.05, 4.69) is 105 Å². The topological polar surface area (TPSA) is 27.7 Å². The molecule has 3 nitrogen and oxygen atoms in total. The van der Waals surface area contributed by atoms with Crippen molar-refractivity contribution in [2.24, 2.45) is 0 Å². The minimum Gasteiger partial charge on any atom is -0.496 e. The molecule has 3 heteroatoms. The van der Waals surface area contributed by atoms with Gasteiger partial charge in [0, 0.05) is 26.9 Å². The second kappa shape index (κ2) is 13.2. The highest BCUT2D eigenvalue weighted by atomic mass is 16.5. The van der Waals surface area contributed by atoms with Crippen LogP contribution >= 0.6 is 0 Å². The SMILES string of the molecule is CCCCOc1c2ccccc2c(OCCCC)c2ccccc12.COc1cccc2cc3ccccc3cc12. The molecule has 0 aliphatic rings. The van der Waals surface area contributed by atoms with Crippen molar-refractivity contribution >= 4 is 43.1 Å². The van der Waals surface area contributed by atoms with Crippen LogP contribution in [-0.4, -0.2) is 20.3 Å². The summed E-state index contributed by atoms with van der Waals surface area (Å²) >= 11 is 0. The van der Waals surface area contributed by atoms with E-state index in [1.54, 1.807) is 7.11 Å². The summed E-state index contributed by atoms with van der Waals surface area (Å²) in [6.07, 6.45) is 4.40. The number of rotatable bonds is 9. The summed E-state index contributed by atoms with van der Waals surface area (Å²) in [5.74, 6) is 2.90. The van der Waals surface area contributed by atoms with E-state index in [1.165, 1.54) is 21.5 Å². The van der Waals surface area contributed by atoms with Crippen LogP contribution in [0.15, 0.2) is 103 Å². The third-order valence-electron chi connectivity index (χ3n) is 7.25. The zero-order valence-electron chi connectivity index (χ0n) is 23.8. The third-order valence-corrected chi connectivity index (χ3v) is 7.25. The molecule has 204 valence electrons. The first-order valence-corrected chi connectivity index (χ1v) is 14.4. The Kier molecular flexibility index (Phi) is 9.03. The molecule has 0 spiro atoms. The highest BCUT2D eigenvalue weighted by molar-refractivity contribution is 6.11. The van der Waals surface area contributed by atoms with Crippen LogP contribution in [0, 0.1) is 0 Å². The molecule has 0 aliphatic carbocycles. The van der Waals surface area contributed by atoms with Crippen LogP contribution in [0.4, 0.5) is 0 Å². The fraction of sp³-hybridized carbons (Fsp3) is 0.243. The molecule has 6 aromatic carbocycles. The second-order valence-electron chi connectivity index (χ2n) is 10.0. The van der Waals surface area contributed by atoms with Gasteiger partial charge in [-0.15, -0.1) is 0 Å². The highest BCUT2D eigenvalue weighted by Gasteiger charge is 2.15. The summed E-state index contributed by atoms with van der Waals surface area (Å²) < 4.78 is 17.8. The summed E-state index contributed by atoms with van der Waals surface area (Å²) in [7, 11) is 1.71. The zero-order chi connectivity index (χ0) is 27.7. The van der Waals surface area contributed by atoms with Gasteiger partial charge in [-0.1, -0.05) is 112 Å². The van der Waals surface area contributed by atoms with Crippen LogP contribution in [-0.2, 0) is 0 Å². The molecular formula is C37H38O3. The molecule has 0 atom stereocenters. The second-order valence-corrected chi connectivity index (χ2v) is 10.0. The van der Waals surface area contributed by atoms with Crippen LogP contribution in [0.1, 0.15) is 39.5 Å². The van der Waals surface area contributed by atoms with Crippen LogP contribution in [0.2, 0.25) is 0 Å². The Morgan fingerprint density at radius 1 is 0.475 bits per heavy atom. The van der Waals surface area contributed by atoms with Gasteiger partial charge in [0.05, 0.1) is 20.3 Å². The van der Waals surface area contributed by atoms with Gasteiger partial charge < -0.3 is 14.2 Å². The molecule has 0 fully saturated rings. The largest absolute Gasteiger partial charge is 0.496 e. The first-order chi connectivity index (χ1) is 19.7. The molecule has 0 heterocycles. The average molecular weight is 531 g/mol. The van der Waals surface area contributed by atoms with Crippen molar-refractivity contribution in [3.8, 4) is 17.2 Å². The molecule has 0 saturated heterocycles. The van der Waals surface area contributed by atoms with Gasteiger partial charge in [0.25, 0.3) is 0 Å². The van der Waals surface area contributed by atoms with E-state index in [0.717, 1.165) is 77.7 Å². The molecule has 6 aromatic rings. The third kappa shape index (κ3) is 5.84. The average Bonchev–Trinajstić information content (AvgIpc) is 3.01. The number of hydrogen-bond acceptors (Lipinski definition) is 3. The minimum absolute atomic E-state index is 0.751. The fourth-order valence-electron chi connectivity index (χ4n) is 5.11. The van der Waals surface area contributed by atoms with Crippen molar-refractivity contribution in [1.29, 1.82) is 0 Å². The van der Waals surface area contributed by atoms with Gasteiger partial charge >= 0.3 is 0 Å². The summed E-state index contributed by atoms with van der Waals surface area (Å²) in [5, 5.41) is 9.46. The lowest BCUT2D eigenvalue weighted by Crippen LogP contribution is -2.01. The molecule has 0 bridgehead atoms. The predicted molar refractivity (Wildman–Crippen MR) is 170 cm³/mol.